The largest absolute Gasteiger partial charge is 0.484 e. The van der Waals surface area contributed by atoms with E-state index in [4.69, 9.17) is 15.2 Å². The monoisotopic (exact) mass is 436 g/mol. The number of aliphatic imine (C=N–C) groups is 2. The lowest BCUT2D eigenvalue weighted by molar-refractivity contribution is -0.139. The molecular formula is C24H25FN4O3. The van der Waals surface area contributed by atoms with Gasteiger partial charge in [0.1, 0.15) is 17.2 Å². The van der Waals surface area contributed by atoms with Crippen LogP contribution in [0.2, 0.25) is 0 Å². The number of ether oxygens (including phenoxy) is 2. The second kappa shape index (κ2) is 7.41. The van der Waals surface area contributed by atoms with Crippen LogP contribution in [0.5, 0.6) is 5.75 Å². The minimum Gasteiger partial charge on any atom is -0.484 e. The SMILES string of the molecule is CN=Cc1cc(F)cc(-c2ccc3c(c2)C2(CC4(CCCOC4)O3)N=C(N)N(C)C2=O)c1. The van der Waals surface area contributed by atoms with E-state index >= 15 is 0 Å². The Morgan fingerprint density at radius 1 is 1.25 bits per heavy atom. The van der Waals surface area contributed by atoms with Crippen molar-refractivity contribution in [3.63, 3.8) is 0 Å². The van der Waals surface area contributed by atoms with E-state index in [-0.39, 0.29) is 17.7 Å². The molecule has 3 heterocycles. The Morgan fingerprint density at radius 3 is 2.78 bits per heavy atom. The molecule has 0 bridgehead atoms. The molecule has 3 aliphatic heterocycles. The van der Waals surface area contributed by atoms with Gasteiger partial charge in [0.15, 0.2) is 11.5 Å². The van der Waals surface area contributed by atoms with Crippen molar-refractivity contribution in [3.05, 3.63) is 53.3 Å². The van der Waals surface area contributed by atoms with Crippen LogP contribution in [0.4, 0.5) is 4.39 Å². The molecular weight excluding hydrogens is 411 g/mol. The average Bonchev–Trinajstić information content (AvgIpc) is 2.98. The highest BCUT2D eigenvalue weighted by Crippen LogP contribution is 2.51. The van der Waals surface area contributed by atoms with Crippen LogP contribution in [0.3, 0.4) is 0 Å². The van der Waals surface area contributed by atoms with Crippen molar-refractivity contribution in [1.82, 2.24) is 4.90 Å². The highest BCUT2D eigenvalue weighted by atomic mass is 19.1. The number of hydrogen-bond donors (Lipinski definition) is 1. The van der Waals surface area contributed by atoms with Gasteiger partial charge in [0.25, 0.3) is 5.91 Å². The molecule has 166 valence electrons. The van der Waals surface area contributed by atoms with Crippen LogP contribution >= 0.6 is 0 Å². The number of nitrogens with two attached hydrogens (primary N) is 1. The fourth-order valence-electron chi connectivity index (χ4n) is 4.99. The maximum atomic E-state index is 14.3. The van der Waals surface area contributed by atoms with Gasteiger partial charge in [0.2, 0.25) is 0 Å². The van der Waals surface area contributed by atoms with E-state index in [1.165, 1.54) is 17.0 Å². The number of halogens is 1. The molecule has 2 aromatic carbocycles. The predicted octanol–water partition coefficient (Wildman–Crippen LogP) is 2.86. The van der Waals surface area contributed by atoms with Gasteiger partial charge in [-0.15, -0.1) is 0 Å². The number of fused-ring (bicyclic) bond motifs is 2. The summed E-state index contributed by atoms with van der Waals surface area (Å²) >= 11 is 0. The van der Waals surface area contributed by atoms with Gasteiger partial charge in [-0.3, -0.25) is 14.7 Å². The molecule has 1 fully saturated rings. The van der Waals surface area contributed by atoms with Crippen LogP contribution in [0.15, 0.2) is 46.4 Å². The topological polar surface area (TPSA) is 89.5 Å². The summed E-state index contributed by atoms with van der Waals surface area (Å²) in [5, 5.41) is 0. The highest BCUT2D eigenvalue weighted by molar-refractivity contribution is 6.07. The Balaban J connectivity index is 1.67. The first-order valence-corrected chi connectivity index (χ1v) is 10.6. The number of carbonyl (C=O) groups is 1. The number of guanidine groups is 1. The van der Waals surface area contributed by atoms with Crippen LogP contribution < -0.4 is 10.5 Å². The fraction of sp³-hybridized carbons (Fsp3) is 0.375. The lowest BCUT2D eigenvalue weighted by Gasteiger charge is -2.46. The maximum absolute atomic E-state index is 14.3. The van der Waals surface area contributed by atoms with Gasteiger partial charge in [-0.1, -0.05) is 6.07 Å². The summed E-state index contributed by atoms with van der Waals surface area (Å²) < 4.78 is 26.4. The molecule has 0 saturated carbocycles. The van der Waals surface area contributed by atoms with Gasteiger partial charge in [-0.25, -0.2) is 9.38 Å². The standard InChI is InChI=1S/C24H25FN4O3/c1-27-12-15-8-17(10-18(25)9-15)16-4-5-20-19(11-16)24(21(30)29(2)22(26)28-24)13-23(32-20)6-3-7-31-14-23/h4-5,8-12H,3,6-7,13-14H2,1-2H3,(H2,26,28). The summed E-state index contributed by atoms with van der Waals surface area (Å²) in [6.45, 7) is 1.07. The van der Waals surface area contributed by atoms with Gasteiger partial charge in [-0.05, 0) is 59.9 Å². The molecule has 1 saturated heterocycles. The van der Waals surface area contributed by atoms with Crippen molar-refractivity contribution < 1.29 is 18.7 Å². The number of benzene rings is 2. The molecule has 2 unspecified atom stereocenters. The fourth-order valence-corrected chi connectivity index (χ4v) is 4.99. The molecule has 2 aromatic rings. The molecule has 2 atom stereocenters. The minimum absolute atomic E-state index is 0.173. The second-order valence-corrected chi connectivity index (χ2v) is 8.68. The Kier molecular flexibility index (Phi) is 4.78. The molecule has 3 aliphatic rings. The van der Waals surface area contributed by atoms with Gasteiger partial charge >= 0.3 is 0 Å². The Morgan fingerprint density at radius 2 is 2.09 bits per heavy atom. The molecule has 7 nitrogen and oxygen atoms in total. The molecule has 32 heavy (non-hydrogen) atoms. The van der Waals surface area contributed by atoms with Crippen LogP contribution in [0, 0.1) is 5.82 Å². The average molecular weight is 436 g/mol. The lowest BCUT2D eigenvalue weighted by Crippen LogP contribution is -2.55. The summed E-state index contributed by atoms with van der Waals surface area (Å²) in [7, 11) is 3.27. The molecule has 0 aromatic heterocycles. The highest BCUT2D eigenvalue weighted by Gasteiger charge is 2.58. The Labute approximate surface area is 185 Å². The van der Waals surface area contributed by atoms with Gasteiger partial charge in [0, 0.05) is 38.9 Å². The first-order valence-electron chi connectivity index (χ1n) is 10.6. The second-order valence-electron chi connectivity index (χ2n) is 8.68. The third-order valence-corrected chi connectivity index (χ3v) is 6.45. The Hall–Kier alpha value is -3.26. The van der Waals surface area contributed by atoms with E-state index in [0.717, 1.165) is 18.4 Å². The Bertz CT molecular complexity index is 1160. The number of nitrogens with zero attached hydrogens (tertiary/aromatic N) is 3. The van der Waals surface area contributed by atoms with Gasteiger partial charge in [0.05, 0.1) is 6.61 Å². The zero-order valence-corrected chi connectivity index (χ0v) is 18.1. The van der Waals surface area contributed by atoms with Crippen molar-refractivity contribution in [1.29, 1.82) is 0 Å². The van der Waals surface area contributed by atoms with E-state index in [0.29, 0.717) is 42.1 Å². The predicted molar refractivity (Wildman–Crippen MR) is 119 cm³/mol. The summed E-state index contributed by atoms with van der Waals surface area (Å²) in [6, 6.07) is 10.3. The van der Waals surface area contributed by atoms with Crippen LogP contribution in [0.25, 0.3) is 11.1 Å². The first-order chi connectivity index (χ1) is 15.4. The van der Waals surface area contributed by atoms with Crippen LogP contribution in [-0.4, -0.2) is 55.9 Å². The molecule has 5 rings (SSSR count). The van der Waals surface area contributed by atoms with E-state index in [1.54, 1.807) is 20.3 Å². The molecule has 0 radical (unpaired) electrons. The molecule has 2 N–H and O–H groups in total. The lowest BCUT2D eigenvalue weighted by atomic mass is 9.74. The number of carbonyl (C=O) groups excluding carboxylic acids is 1. The van der Waals surface area contributed by atoms with E-state index in [1.807, 2.05) is 24.3 Å². The third-order valence-electron chi connectivity index (χ3n) is 6.45. The number of rotatable bonds is 2. The van der Waals surface area contributed by atoms with Crippen LogP contribution in [-0.2, 0) is 15.1 Å². The quantitative estimate of drug-likeness (QED) is 0.733. The van der Waals surface area contributed by atoms with E-state index < -0.39 is 11.1 Å². The zero-order valence-electron chi connectivity index (χ0n) is 18.1. The normalized spacial score (nSPS) is 27.2. The van der Waals surface area contributed by atoms with Gasteiger partial charge in [-0.2, -0.15) is 0 Å². The van der Waals surface area contributed by atoms with Crippen LogP contribution in [0.1, 0.15) is 30.4 Å². The summed E-state index contributed by atoms with van der Waals surface area (Å²) in [5.74, 6) is 0.197. The molecule has 0 aliphatic carbocycles. The minimum atomic E-state index is -1.19. The number of likely N-dealkylation sites (N-methyl/N-ethyl adjacent to an activating group) is 1. The summed E-state index contributed by atoms with van der Waals surface area (Å²) in [4.78, 5) is 23.5. The molecule has 8 heteroatoms. The van der Waals surface area contributed by atoms with E-state index in [2.05, 4.69) is 9.98 Å². The van der Waals surface area contributed by atoms with Crippen molar-refractivity contribution in [2.24, 2.45) is 15.7 Å². The third kappa shape index (κ3) is 3.17. The summed E-state index contributed by atoms with van der Waals surface area (Å²) in [6.07, 6.45) is 3.56. The van der Waals surface area contributed by atoms with Crippen molar-refractivity contribution in [2.45, 2.75) is 30.4 Å². The van der Waals surface area contributed by atoms with E-state index in [9.17, 15) is 9.18 Å². The van der Waals surface area contributed by atoms with Gasteiger partial charge < -0.3 is 15.2 Å². The van der Waals surface area contributed by atoms with Crippen molar-refractivity contribution in [3.8, 4) is 16.9 Å². The van der Waals surface area contributed by atoms with Crippen molar-refractivity contribution in [2.75, 3.05) is 27.3 Å². The zero-order chi connectivity index (χ0) is 22.5. The summed E-state index contributed by atoms with van der Waals surface area (Å²) in [5.41, 5.74) is 6.99. The number of hydrogen-bond acceptors (Lipinski definition) is 6. The molecule has 2 spiro atoms. The van der Waals surface area contributed by atoms with Crippen molar-refractivity contribution >= 4 is 18.1 Å². The number of amides is 1. The smallest absolute Gasteiger partial charge is 0.261 e. The first kappa shape index (κ1) is 20.6. The molecule has 1 amide bonds. The maximum Gasteiger partial charge on any atom is 0.261 e.